The quantitative estimate of drug-likeness (QED) is 0.396. The normalized spacial score (nSPS) is 10.8. The van der Waals surface area contributed by atoms with Crippen molar-refractivity contribution >= 4 is 35.1 Å². The van der Waals surface area contributed by atoms with Crippen LogP contribution in [-0.4, -0.2) is 38.8 Å². The van der Waals surface area contributed by atoms with E-state index in [4.69, 9.17) is 11.6 Å². The first kappa shape index (κ1) is 22.0. The number of rotatable bonds is 9. The molecule has 0 spiro atoms. The van der Waals surface area contributed by atoms with E-state index in [-0.39, 0.29) is 23.3 Å². The van der Waals surface area contributed by atoms with Gasteiger partial charge in [0.1, 0.15) is 11.6 Å². The van der Waals surface area contributed by atoms with Gasteiger partial charge in [0.05, 0.1) is 5.75 Å². The zero-order valence-electron chi connectivity index (χ0n) is 16.3. The Morgan fingerprint density at radius 3 is 2.40 bits per heavy atom. The van der Waals surface area contributed by atoms with E-state index in [1.54, 1.807) is 24.3 Å². The van der Waals surface area contributed by atoms with Crippen LogP contribution in [0.15, 0.2) is 53.7 Å². The van der Waals surface area contributed by atoms with Crippen LogP contribution in [0.1, 0.15) is 33.5 Å². The third-order valence-electron chi connectivity index (χ3n) is 4.35. The minimum Gasteiger partial charge on any atom is -0.352 e. The molecule has 1 aromatic heterocycles. The summed E-state index contributed by atoms with van der Waals surface area (Å²) in [4.78, 5) is 24.5. The van der Waals surface area contributed by atoms with E-state index in [0.29, 0.717) is 40.8 Å². The Bertz CT molecular complexity index is 1020. The molecule has 1 amide bonds. The zero-order chi connectivity index (χ0) is 21.5. The number of amides is 1. The van der Waals surface area contributed by atoms with Crippen LogP contribution >= 0.6 is 23.4 Å². The number of thioether (sulfide) groups is 1. The molecule has 9 heteroatoms. The molecule has 0 atom stereocenters. The minimum atomic E-state index is -0.377. The lowest BCUT2D eigenvalue weighted by molar-refractivity contribution is 0.0953. The molecule has 6 nitrogen and oxygen atoms in total. The van der Waals surface area contributed by atoms with Crippen molar-refractivity contribution in [2.24, 2.45) is 0 Å². The lowest BCUT2D eigenvalue weighted by Crippen LogP contribution is -2.26. The lowest BCUT2D eigenvalue weighted by atomic mass is 10.1. The van der Waals surface area contributed by atoms with Crippen LogP contribution in [-0.2, 0) is 13.0 Å². The maximum Gasteiger partial charge on any atom is 0.251 e. The SMILES string of the molecule is CCn1c(CCNC(=O)c2ccc(Cl)cc2)nnc1SCC(=O)c1ccc(F)cc1. The van der Waals surface area contributed by atoms with Crippen molar-refractivity contribution in [2.45, 2.75) is 25.0 Å². The molecule has 1 N–H and O–H groups in total. The standard InChI is InChI=1S/C21H20ClFN4O2S/c1-2-27-19(11-12-24-20(29)15-3-7-16(22)8-4-15)25-26-21(27)30-13-18(28)14-5-9-17(23)10-6-14/h3-10H,2,11-13H2,1H3,(H,24,29). The van der Waals surface area contributed by atoms with Gasteiger partial charge in [-0.15, -0.1) is 10.2 Å². The van der Waals surface area contributed by atoms with Crippen LogP contribution < -0.4 is 5.32 Å². The molecule has 0 saturated heterocycles. The molecule has 2 aromatic carbocycles. The predicted octanol–water partition coefficient (Wildman–Crippen LogP) is 4.04. The van der Waals surface area contributed by atoms with E-state index in [1.807, 2.05) is 11.5 Å². The fraction of sp³-hybridized carbons (Fsp3) is 0.238. The van der Waals surface area contributed by atoms with Crippen LogP contribution in [0.2, 0.25) is 5.02 Å². The lowest BCUT2D eigenvalue weighted by Gasteiger charge is -2.08. The average molecular weight is 447 g/mol. The monoisotopic (exact) mass is 446 g/mol. The minimum absolute atomic E-state index is 0.109. The van der Waals surface area contributed by atoms with Gasteiger partial charge in [-0.1, -0.05) is 23.4 Å². The number of benzene rings is 2. The van der Waals surface area contributed by atoms with Crippen LogP contribution in [0.25, 0.3) is 0 Å². The van der Waals surface area contributed by atoms with Crippen LogP contribution in [0, 0.1) is 5.82 Å². The number of nitrogens with one attached hydrogen (secondary N) is 1. The van der Waals surface area contributed by atoms with Crippen molar-refractivity contribution in [1.82, 2.24) is 20.1 Å². The summed E-state index contributed by atoms with van der Waals surface area (Å²) in [6.07, 6.45) is 0.507. The van der Waals surface area contributed by atoms with Gasteiger partial charge in [0.2, 0.25) is 0 Å². The summed E-state index contributed by atoms with van der Waals surface area (Å²) in [6.45, 7) is 3.00. The predicted molar refractivity (Wildman–Crippen MR) is 115 cm³/mol. The maximum absolute atomic E-state index is 13.0. The molecule has 1 heterocycles. The molecule has 0 saturated carbocycles. The van der Waals surface area contributed by atoms with Crippen molar-refractivity contribution in [3.8, 4) is 0 Å². The number of nitrogens with zero attached hydrogens (tertiary/aromatic N) is 3. The molecule has 0 unspecified atom stereocenters. The summed E-state index contributed by atoms with van der Waals surface area (Å²) < 4.78 is 14.9. The van der Waals surface area contributed by atoms with Crippen LogP contribution in [0.3, 0.4) is 0 Å². The Morgan fingerprint density at radius 1 is 1.07 bits per heavy atom. The first-order valence-electron chi connectivity index (χ1n) is 9.35. The maximum atomic E-state index is 13.0. The van der Waals surface area contributed by atoms with E-state index < -0.39 is 0 Å². The van der Waals surface area contributed by atoms with Gasteiger partial charge in [0, 0.05) is 35.7 Å². The van der Waals surface area contributed by atoms with Crippen LogP contribution in [0.5, 0.6) is 0 Å². The number of hydrogen-bond donors (Lipinski definition) is 1. The second-order valence-electron chi connectivity index (χ2n) is 6.37. The summed E-state index contributed by atoms with van der Waals surface area (Å²) in [7, 11) is 0. The van der Waals surface area contributed by atoms with Gasteiger partial charge in [-0.25, -0.2) is 4.39 Å². The van der Waals surface area contributed by atoms with Gasteiger partial charge in [-0.3, -0.25) is 9.59 Å². The first-order valence-corrected chi connectivity index (χ1v) is 10.7. The molecule has 156 valence electrons. The highest BCUT2D eigenvalue weighted by Crippen LogP contribution is 2.19. The molecular weight excluding hydrogens is 427 g/mol. The van der Waals surface area contributed by atoms with Crippen molar-refractivity contribution in [3.05, 3.63) is 76.3 Å². The van der Waals surface area contributed by atoms with Gasteiger partial charge in [0.25, 0.3) is 5.91 Å². The number of halogens is 2. The Labute approximate surface area is 182 Å². The summed E-state index contributed by atoms with van der Waals surface area (Å²) in [6, 6.07) is 12.1. The molecule has 0 bridgehead atoms. The zero-order valence-corrected chi connectivity index (χ0v) is 17.8. The molecule has 0 aliphatic carbocycles. The Balaban J connectivity index is 1.54. The van der Waals surface area contributed by atoms with Gasteiger partial charge >= 0.3 is 0 Å². The second kappa shape index (κ2) is 10.4. The Hall–Kier alpha value is -2.71. The molecular formula is C21H20ClFN4O2S. The number of ketones is 1. The summed E-state index contributed by atoms with van der Waals surface area (Å²) in [5.41, 5.74) is 0.989. The van der Waals surface area contributed by atoms with Gasteiger partial charge < -0.3 is 9.88 Å². The molecule has 0 aliphatic rings. The van der Waals surface area contributed by atoms with Crippen molar-refractivity contribution in [3.63, 3.8) is 0 Å². The van der Waals surface area contributed by atoms with Gasteiger partial charge in [-0.05, 0) is 55.5 Å². The summed E-state index contributed by atoms with van der Waals surface area (Å²) >= 11 is 7.12. The second-order valence-corrected chi connectivity index (χ2v) is 7.75. The van der Waals surface area contributed by atoms with Crippen molar-refractivity contribution < 1.29 is 14.0 Å². The number of carbonyl (C=O) groups excluding carboxylic acids is 2. The largest absolute Gasteiger partial charge is 0.352 e. The van der Waals surface area contributed by atoms with Crippen LogP contribution in [0.4, 0.5) is 4.39 Å². The van der Waals surface area contributed by atoms with E-state index >= 15 is 0 Å². The smallest absolute Gasteiger partial charge is 0.251 e. The third kappa shape index (κ3) is 5.67. The van der Waals surface area contributed by atoms with E-state index in [2.05, 4.69) is 15.5 Å². The third-order valence-corrected chi connectivity index (χ3v) is 5.57. The van der Waals surface area contributed by atoms with E-state index in [0.717, 1.165) is 5.82 Å². The fourth-order valence-electron chi connectivity index (χ4n) is 2.77. The highest BCUT2D eigenvalue weighted by molar-refractivity contribution is 7.99. The number of aromatic nitrogens is 3. The van der Waals surface area contributed by atoms with E-state index in [9.17, 15) is 14.0 Å². The summed E-state index contributed by atoms with van der Waals surface area (Å²) in [5.74, 6) is 0.233. The number of hydrogen-bond acceptors (Lipinski definition) is 5. The number of Topliss-reactive ketones (excluding diaryl/α,β-unsaturated/α-hetero) is 1. The summed E-state index contributed by atoms with van der Waals surface area (Å²) in [5, 5.41) is 12.4. The van der Waals surface area contributed by atoms with Crippen molar-refractivity contribution in [2.75, 3.05) is 12.3 Å². The molecule has 3 aromatic rings. The van der Waals surface area contributed by atoms with Gasteiger partial charge in [-0.2, -0.15) is 0 Å². The Morgan fingerprint density at radius 2 is 1.73 bits per heavy atom. The Kier molecular flexibility index (Phi) is 7.59. The molecule has 0 aliphatic heterocycles. The number of carbonyl (C=O) groups is 2. The molecule has 0 fully saturated rings. The molecule has 0 radical (unpaired) electrons. The average Bonchev–Trinajstić information content (AvgIpc) is 3.14. The highest BCUT2D eigenvalue weighted by Gasteiger charge is 2.14. The van der Waals surface area contributed by atoms with Crippen molar-refractivity contribution in [1.29, 1.82) is 0 Å². The van der Waals surface area contributed by atoms with E-state index in [1.165, 1.54) is 36.0 Å². The molecule has 3 rings (SSSR count). The molecule has 30 heavy (non-hydrogen) atoms. The topological polar surface area (TPSA) is 76.9 Å². The first-order chi connectivity index (χ1) is 14.5. The highest BCUT2D eigenvalue weighted by atomic mass is 35.5. The van der Waals surface area contributed by atoms with Gasteiger partial charge in [0.15, 0.2) is 10.9 Å². The fourth-order valence-corrected chi connectivity index (χ4v) is 3.81.